The molecule has 7 heteroatoms. The van der Waals surface area contributed by atoms with Gasteiger partial charge in [0.2, 0.25) is 5.91 Å². The predicted octanol–water partition coefficient (Wildman–Crippen LogP) is 3.37. The molecule has 0 fully saturated rings. The molecule has 1 N–H and O–H groups in total. The van der Waals surface area contributed by atoms with Gasteiger partial charge in [0.1, 0.15) is 0 Å². The molecule has 27 heavy (non-hydrogen) atoms. The number of nitrogens with zero attached hydrogens (tertiary/aromatic N) is 1. The van der Waals surface area contributed by atoms with Crippen LogP contribution in [0, 0.1) is 0 Å². The first-order chi connectivity index (χ1) is 13.1. The number of fused-ring (bicyclic) bond motifs is 1. The molecule has 3 rings (SSSR count). The van der Waals surface area contributed by atoms with Gasteiger partial charge in [0.25, 0.3) is 0 Å². The van der Waals surface area contributed by atoms with Crippen LogP contribution in [0.1, 0.15) is 17.5 Å². The summed E-state index contributed by atoms with van der Waals surface area (Å²) in [7, 11) is 1.39. The summed E-state index contributed by atoms with van der Waals surface area (Å²) in [5.74, 6) is 0.158. The van der Waals surface area contributed by atoms with Crippen molar-refractivity contribution in [2.45, 2.75) is 26.0 Å². The molecule has 0 saturated carbocycles. The number of carbonyl (C=O) groups is 1. The molecule has 1 heterocycles. The Bertz CT molecular complexity index is 799. The average Bonchev–Trinajstić information content (AvgIpc) is 2.68. The van der Waals surface area contributed by atoms with E-state index in [1.165, 1.54) is 7.11 Å². The molecule has 5 nitrogen and oxygen atoms in total. The van der Waals surface area contributed by atoms with Gasteiger partial charge in [-0.2, -0.15) is 8.78 Å². The summed E-state index contributed by atoms with van der Waals surface area (Å²) in [6, 6.07) is 12.8. The van der Waals surface area contributed by atoms with Crippen LogP contribution in [0.15, 0.2) is 42.5 Å². The van der Waals surface area contributed by atoms with Crippen LogP contribution in [0.4, 0.5) is 14.5 Å². The number of amides is 1. The standard InChI is InChI=1S/C20H22F2N2O3/c1-26-17-10-4-7-15(19(17)27-20(21)22)12-23-13-18(25)24-11-5-8-14-6-2-3-9-16(14)24/h2-4,6-7,9-10,20,23H,5,8,11-13H2,1H3. The lowest BCUT2D eigenvalue weighted by atomic mass is 10.0. The Morgan fingerprint density at radius 3 is 2.81 bits per heavy atom. The Hall–Kier alpha value is -2.67. The highest BCUT2D eigenvalue weighted by Crippen LogP contribution is 2.32. The van der Waals surface area contributed by atoms with Crippen molar-refractivity contribution in [1.29, 1.82) is 0 Å². The highest BCUT2D eigenvalue weighted by atomic mass is 19.3. The fraction of sp³-hybridized carbons (Fsp3) is 0.350. The quantitative estimate of drug-likeness (QED) is 0.805. The van der Waals surface area contributed by atoms with Gasteiger partial charge in [0.15, 0.2) is 11.5 Å². The van der Waals surface area contributed by atoms with Crippen molar-refractivity contribution < 1.29 is 23.0 Å². The van der Waals surface area contributed by atoms with E-state index in [0.29, 0.717) is 12.1 Å². The first-order valence-corrected chi connectivity index (χ1v) is 8.80. The minimum Gasteiger partial charge on any atom is -0.493 e. The lowest BCUT2D eigenvalue weighted by Gasteiger charge is -2.29. The molecule has 144 valence electrons. The van der Waals surface area contributed by atoms with E-state index >= 15 is 0 Å². The first-order valence-electron chi connectivity index (χ1n) is 8.80. The van der Waals surface area contributed by atoms with E-state index in [1.54, 1.807) is 23.1 Å². The van der Waals surface area contributed by atoms with E-state index in [1.807, 2.05) is 24.3 Å². The van der Waals surface area contributed by atoms with Crippen LogP contribution in [-0.4, -0.2) is 32.7 Å². The molecule has 0 aliphatic carbocycles. The summed E-state index contributed by atoms with van der Waals surface area (Å²) in [5, 5.41) is 3.02. The molecular formula is C20H22F2N2O3. The lowest BCUT2D eigenvalue weighted by molar-refractivity contribution is -0.117. The fourth-order valence-corrected chi connectivity index (χ4v) is 3.28. The van der Waals surface area contributed by atoms with E-state index in [-0.39, 0.29) is 30.5 Å². The summed E-state index contributed by atoms with van der Waals surface area (Å²) in [5.41, 5.74) is 2.61. The van der Waals surface area contributed by atoms with Crippen LogP contribution in [0.3, 0.4) is 0 Å². The minimum atomic E-state index is -2.95. The molecule has 1 aliphatic heterocycles. The third-order valence-electron chi connectivity index (χ3n) is 4.49. The first kappa shape index (κ1) is 19.1. The van der Waals surface area contributed by atoms with Crippen LogP contribution in [0.5, 0.6) is 11.5 Å². The Kier molecular flexibility index (Phi) is 6.24. The van der Waals surface area contributed by atoms with Gasteiger partial charge in [-0.05, 0) is 30.5 Å². The number of para-hydroxylation sites is 2. The molecule has 2 aromatic carbocycles. The van der Waals surface area contributed by atoms with Crippen molar-refractivity contribution in [3.05, 3.63) is 53.6 Å². The normalized spacial score (nSPS) is 13.4. The second-order valence-electron chi connectivity index (χ2n) is 6.21. The molecular weight excluding hydrogens is 354 g/mol. The fourth-order valence-electron chi connectivity index (χ4n) is 3.28. The van der Waals surface area contributed by atoms with E-state index in [2.05, 4.69) is 10.1 Å². The van der Waals surface area contributed by atoms with Crippen molar-refractivity contribution in [2.24, 2.45) is 0 Å². The number of nitrogens with one attached hydrogen (secondary N) is 1. The van der Waals surface area contributed by atoms with Gasteiger partial charge in [-0.15, -0.1) is 0 Å². The molecule has 0 unspecified atom stereocenters. The van der Waals surface area contributed by atoms with Crippen molar-refractivity contribution in [3.63, 3.8) is 0 Å². The number of hydrogen-bond acceptors (Lipinski definition) is 4. The van der Waals surface area contributed by atoms with Crippen LogP contribution in [-0.2, 0) is 17.8 Å². The minimum absolute atomic E-state index is 0.0155. The molecule has 0 aromatic heterocycles. The van der Waals surface area contributed by atoms with E-state index in [4.69, 9.17) is 4.74 Å². The van der Waals surface area contributed by atoms with Crippen LogP contribution < -0.4 is 19.7 Å². The lowest BCUT2D eigenvalue weighted by Crippen LogP contribution is -2.41. The van der Waals surface area contributed by atoms with Crippen molar-refractivity contribution >= 4 is 11.6 Å². The van der Waals surface area contributed by atoms with Gasteiger partial charge in [-0.25, -0.2) is 0 Å². The summed E-state index contributed by atoms with van der Waals surface area (Å²) in [6.45, 7) is -1.97. The topological polar surface area (TPSA) is 50.8 Å². The van der Waals surface area contributed by atoms with Crippen molar-refractivity contribution in [2.75, 3.05) is 25.1 Å². The van der Waals surface area contributed by atoms with Gasteiger partial charge in [-0.1, -0.05) is 30.3 Å². The maximum absolute atomic E-state index is 12.7. The number of anilines is 1. The summed E-state index contributed by atoms with van der Waals surface area (Å²) < 4.78 is 35.1. The number of carbonyl (C=O) groups excluding carboxylic acids is 1. The van der Waals surface area contributed by atoms with Crippen LogP contribution >= 0.6 is 0 Å². The van der Waals surface area contributed by atoms with Gasteiger partial charge < -0.3 is 19.7 Å². The third kappa shape index (κ3) is 4.54. The zero-order valence-corrected chi connectivity index (χ0v) is 15.1. The third-order valence-corrected chi connectivity index (χ3v) is 4.49. The Morgan fingerprint density at radius 1 is 1.22 bits per heavy atom. The maximum atomic E-state index is 12.7. The zero-order valence-electron chi connectivity index (χ0n) is 15.1. The molecule has 0 saturated heterocycles. The Labute approximate surface area is 156 Å². The summed E-state index contributed by atoms with van der Waals surface area (Å²) in [6.07, 6.45) is 1.89. The number of ether oxygens (including phenoxy) is 2. The number of rotatable bonds is 7. The number of halogens is 2. The number of hydrogen-bond donors (Lipinski definition) is 1. The van der Waals surface area contributed by atoms with E-state index in [9.17, 15) is 13.6 Å². The number of methoxy groups -OCH3 is 1. The molecule has 1 amide bonds. The van der Waals surface area contributed by atoms with Gasteiger partial charge >= 0.3 is 6.61 Å². The monoisotopic (exact) mass is 376 g/mol. The highest BCUT2D eigenvalue weighted by molar-refractivity contribution is 5.95. The number of alkyl halides is 2. The largest absolute Gasteiger partial charge is 0.493 e. The summed E-state index contributed by atoms with van der Waals surface area (Å²) >= 11 is 0. The molecule has 0 radical (unpaired) electrons. The van der Waals surface area contributed by atoms with Crippen LogP contribution in [0.25, 0.3) is 0 Å². The number of aryl methyl sites for hydroxylation is 1. The second kappa shape index (κ2) is 8.81. The van der Waals surface area contributed by atoms with Gasteiger partial charge in [-0.3, -0.25) is 4.79 Å². The molecule has 2 aromatic rings. The SMILES string of the molecule is COc1cccc(CNCC(=O)N2CCCc3ccccc32)c1OC(F)F. The maximum Gasteiger partial charge on any atom is 0.387 e. The van der Waals surface area contributed by atoms with E-state index < -0.39 is 6.61 Å². The van der Waals surface area contributed by atoms with Gasteiger partial charge in [0.05, 0.1) is 13.7 Å². The Balaban J connectivity index is 1.64. The highest BCUT2D eigenvalue weighted by Gasteiger charge is 2.22. The number of benzene rings is 2. The smallest absolute Gasteiger partial charge is 0.387 e. The average molecular weight is 376 g/mol. The van der Waals surface area contributed by atoms with Crippen LogP contribution in [0.2, 0.25) is 0 Å². The predicted molar refractivity (Wildman–Crippen MR) is 98.4 cm³/mol. The zero-order chi connectivity index (χ0) is 19.2. The molecule has 0 spiro atoms. The summed E-state index contributed by atoms with van der Waals surface area (Å²) in [4.78, 5) is 14.4. The Morgan fingerprint density at radius 2 is 2.04 bits per heavy atom. The van der Waals surface area contributed by atoms with Gasteiger partial charge in [0, 0.05) is 24.3 Å². The van der Waals surface area contributed by atoms with E-state index in [0.717, 1.165) is 24.1 Å². The molecule has 0 bridgehead atoms. The molecule has 1 aliphatic rings. The van der Waals surface area contributed by atoms with Crippen molar-refractivity contribution in [1.82, 2.24) is 5.32 Å². The molecule has 0 atom stereocenters. The second-order valence-corrected chi connectivity index (χ2v) is 6.21. The van der Waals surface area contributed by atoms with Crippen molar-refractivity contribution in [3.8, 4) is 11.5 Å².